The third-order valence-electron chi connectivity index (χ3n) is 4.65. The lowest BCUT2D eigenvalue weighted by Crippen LogP contribution is -2.49. The molecule has 0 aliphatic carbocycles. The molecule has 0 saturated carbocycles. The Hall–Kier alpha value is -0.750. The summed E-state index contributed by atoms with van der Waals surface area (Å²) in [6.07, 6.45) is 3.97. The van der Waals surface area contributed by atoms with Gasteiger partial charge in [-0.1, -0.05) is 20.8 Å². The number of hydrogen-bond donors (Lipinski definition) is 2. The van der Waals surface area contributed by atoms with Crippen LogP contribution in [0.3, 0.4) is 0 Å². The minimum absolute atomic E-state index is 0. The predicted molar refractivity (Wildman–Crippen MR) is 102 cm³/mol. The number of carbonyl (C=O) groups excluding carboxylic acids is 1. The third-order valence-corrected chi connectivity index (χ3v) is 4.65. The van der Waals surface area contributed by atoms with Crippen LogP contribution in [0.1, 0.15) is 49.7 Å². The molecular weight excluding hydrogens is 349 g/mol. The Morgan fingerprint density at radius 1 is 1.38 bits per heavy atom. The number of nitrogens with zero attached hydrogens (tertiary/aromatic N) is 1. The predicted octanol–water partition coefficient (Wildman–Crippen LogP) is 3.07. The summed E-state index contributed by atoms with van der Waals surface area (Å²) in [7, 11) is 0. The van der Waals surface area contributed by atoms with E-state index in [1.165, 1.54) is 19.1 Å². The largest absolute Gasteiger partial charge is 0.467 e. The number of piperidine rings is 1. The lowest BCUT2D eigenvalue weighted by atomic mass is 9.94. The van der Waals surface area contributed by atoms with Crippen molar-refractivity contribution >= 4 is 30.7 Å². The van der Waals surface area contributed by atoms with Gasteiger partial charge in [-0.2, -0.15) is 0 Å². The van der Waals surface area contributed by atoms with Crippen LogP contribution in [0.2, 0.25) is 0 Å². The van der Waals surface area contributed by atoms with Gasteiger partial charge < -0.3 is 15.5 Å². The van der Waals surface area contributed by atoms with Crippen LogP contribution in [-0.4, -0.2) is 36.5 Å². The Morgan fingerprint density at radius 3 is 2.50 bits per heavy atom. The van der Waals surface area contributed by atoms with E-state index in [1.54, 1.807) is 6.07 Å². The van der Waals surface area contributed by atoms with E-state index in [4.69, 9.17) is 10.2 Å². The molecule has 1 saturated heterocycles. The summed E-state index contributed by atoms with van der Waals surface area (Å²) in [5.41, 5.74) is 6.05. The van der Waals surface area contributed by atoms with Crippen molar-refractivity contribution in [2.45, 2.75) is 46.2 Å². The zero-order chi connectivity index (χ0) is 16.1. The minimum atomic E-state index is -0.0838. The van der Waals surface area contributed by atoms with Crippen LogP contribution in [-0.2, 0) is 6.54 Å². The van der Waals surface area contributed by atoms with Crippen molar-refractivity contribution in [3.63, 3.8) is 0 Å². The molecule has 3 N–H and O–H groups in total. The average Bonchev–Trinajstić information content (AvgIpc) is 2.98. The molecule has 1 aromatic rings. The molecule has 0 aromatic carbocycles. The van der Waals surface area contributed by atoms with Crippen LogP contribution in [0.25, 0.3) is 0 Å². The number of carbonyl (C=O) groups is 1. The molecule has 1 atom stereocenters. The van der Waals surface area contributed by atoms with Crippen LogP contribution in [0.5, 0.6) is 0 Å². The number of amides is 1. The van der Waals surface area contributed by atoms with Gasteiger partial charge in [0, 0.05) is 12.6 Å². The van der Waals surface area contributed by atoms with Crippen LogP contribution >= 0.6 is 24.8 Å². The smallest absolute Gasteiger partial charge is 0.254 e. The highest BCUT2D eigenvalue weighted by atomic mass is 35.5. The molecule has 1 amide bonds. The molecule has 7 heteroatoms. The first-order valence-corrected chi connectivity index (χ1v) is 8.31. The Kier molecular flexibility index (Phi) is 10.6. The molecule has 1 aliphatic heterocycles. The van der Waals surface area contributed by atoms with Crippen molar-refractivity contribution in [3.05, 3.63) is 23.7 Å². The van der Waals surface area contributed by atoms with Crippen molar-refractivity contribution in [1.82, 2.24) is 10.2 Å². The van der Waals surface area contributed by atoms with Gasteiger partial charge in [0.1, 0.15) is 12.0 Å². The van der Waals surface area contributed by atoms with Gasteiger partial charge in [-0.25, -0.2) is 0 Å². The standard InChI is InChI=1S/C17H29N3O2.2ClH/c1-12(2)16(20-6-4-13(3)5-7-20)10-19-17(21)14-8-15(9-18)22-11-14;;/h8,11-13,16H,4-7,9-10,18H2,1-3H3,(H,19,21);2*1H. The van der Waals surface area contributed by atoms with Gasteiger partial charge in [-0.15, -0.1) is 24.8 Å². The zero-order valence-electron chi connectivity index (χ0n) is 14.8. The van der Waals surface area contributed by atoms with Crippen molar-refractivity contribution < 1.29 is 9.21 Å². The monoisotopic (exact) mass is 379 g/mol. The second-order valence-electron chi connectivity index (χ2n) is 6.75. The first-order chi connectivity index (χ1) is 10.5. The molecule has 0 spiro atoms. The van der Waals surface area contributed by atoms with Crippen LogP contribution in [0, 0.1) is 11.8 Å². The summed E-state index contributed by atoms with van der Waals surface area (Å²) < 4.78 is 5.22. The summed E-state index contributed by atoms with van der Waals surface area (Å²) >= 11 is 0. The lowest BCUT2D eigenvalue weighted by molar-refractivity contribution is 0.0862. The van der Waals surface area contributed by atoms with Gasteiger partial charge >= 0.3 is 0 Å². The maximum Gasteiger partial charge on any atom is 0.254 e. The Balaban J connectivity index is 0.00000264. The summed E-state index contributed by atoms with van der Waals surface area (Å²) in [5, 5.41) is 3.04. The van der Waals surface area contributed by atoms with E-state index < -0.39 is 0 Å². The van der Waals surface area contributed by atoms with E-state index in [-0.39, 0.29) is 30.7 Å². The fraction of sp³-hybridized carbons (Fsp3) is 0.706. The molecule has 0 radical (unpaired) electrons. The molecule has 5 nitrogen and oxygen atoms in total. The second-order valence-corrected chi connectivity index (χ2v) is 6.75. The van der Waals surface area contributed by atoms with Crippen LogP contribution in [0.4, 0.5) is 0 Å². The fourth-order valence-corrected chi connectivity index (χ4v) is 3.05. The Morgan fingerprint density at radius 2 is 2.00 bits per heavy atom. The fourth-order valence-electron chi connectivity index (χ4n) is 3.05. The second kappa shape index (κ2) is 11.0. The average molecular weight is 380 g/mol. The Bertz CT molecular complexity index is 486. The molecule has 140 valence electrons. The highest BCUT2D eigenvalue weighted by molar-refractivity contribution is 5.93. The molecule has 1 fully saturated rings. The number of nitrogens with two attached hydrogens (primary N) is 1. The molecule has 1 aromatic heterocycles. The number of rotatable bonds is 6. The third kappa shape index (κ3) is 6.28. The van der Waals surface area contributed by atoms with Gasteiger partial charge in [0.2, 0.25) is 0 Å². The van der Waals surface area contributed by atoms with Gasteiger partial charge in [0.25, 0.3) is 5.91 Å². The maximum atomic E-state index is 12.2. The molecular formula is C17H31Cl2N3O2. The van der Waals surface area contributed by atoms with E-state index in [1.807, 2.05) is 0 Å². The minimum Gasteiger partial charge on any atom is -0.467 e. The number of halogens is 2. The van der Waals surface area contributed by atoms with E-state index in [0.29, 0.717) is 36.4 Å². The van der Waals surface area contributed by atoms with E-state index in [2.05, 4.69) is 31.0 Å². The zero-order valence-corrected chi connectivity index (χ0v) is 16.4. The first-order valence-electron chi connectivity index (χ1n) is 8.31. The lowest BCUT2D eigenvalue weighted by Gasteiger charge is -2.38. The van der Waals surface area contributed by atoms with Gasteiger partial charge in [-0.05, 0) is 43.8 Å². The van der Waals surface area contributed by atoms with E-state index in [0.717, 1.165) is 19.0 Å². The first kappa shape index (κ1) is 23.2. The van der Waals surface area contributed by atoms with E-state index in [9.17, 15) is 4.79 Å². The van der Waals surface area contributed by atoms with Gasteiger partial charge in [0.15, 0.2) is 0 Å². The van der Waals surface area contributed by atoms with Crippen LogP contribution < -0.4 is 11.1 Å². The van der Waals surface area contributed by atoms with Crippen molar-refractivity contribution in [3.8, 4) is 0 Å². The van der Waals surface area contributed by atoms with Crippen molar-refractivity contribution in [2.24, 2.45) is 17.6 Å². The molecule has 1 aliphatic rings. The normalized spacial score (nSPS) is 17.0. The van der Waals surface area contributed by atoms with E-state index >= 15 is 0 Å². The summed E-state index contributed by atoms with van der Waals surface area (Å²) in [4.78, 5) is 14.7. The molecule has 24 heavy (non-hydrogen) atoms. The highest BCUT2D eigenvalue weighted by Crippen LogP contribution is 2.21. The molecule has 0 bridgehead atoms. The summed E-state index contributed by atoms with van der Waals surface area (Å²) in [6, 6.07) is 2.10. The maximum absolute atomic E-state index is 12.2. The molecule has 1 unspecified atom stereocenters. The summed E-state index contributed by atoms with van der Waals surface area (Å²) in [6.45, 7) is 10.0. The number of likely N-dealkylation sites (tertiary alicyclic amines) is 1. The van der Waals surface area contributed by atoms with Crippen molar-refractivity contribution in [2.75, 3.05) is 19.6 Å². The van der Waals surface area contributed by atoms with Crippen LogP contribution in [0.15, 0.2) is 16.7 Å². The molecule has 2 heterocycles. The quantitative estimate of drug-likeness (QED) is 0.796. The summed E-state index contributed by atoms with van der Waals surface area (Å²) in [5.74, 6) is 1.88. The SMILES string of the molecule is CC1CCN(C(CNC(=O)c2coc(CN)c2)C(C)C)CC1.Cl.Cl. The topological polar surface area (TPSA) is 71.5 Å². The number of nitrogens with one attached hydrogen (secondary N) is 1. The van der Waals surface area contributed by atoms with Gasteiger partial charge in [-0.3, -0.25) is 9.69 Å². The number of furan rings is 1. The Labute approximate surface area is 157 Å². The highest BCUT2D eigenvalue weighted by Gasteiger charge is 2.26. The molecule has 2 rings (SSSR count). The van der Waals surface area contributed by atoms with Gasteiger partial charge in [0.05, 0.1) is 12.1 Å². The van der Waals surface area contributed by atoms with Crippen molar-refractivity contribution in [1.29, 1.82) is 0 Å². The number of hydrogen-bond acceptors (Lipinski definition) is 4.